The Morgan fingerprint density at radius 1 is 1.20 bits per heavy atom. The van der Waals surface area contributed by atoms with Crippen LogP contribution >= 0.6 is 12.2 Å². The lowest BCUT2D eigenvalue weighted by molar-refractivity contribution is -0.129. The van der Waals surface area contributed by atoms with E-state index in [4.69, 9.17) is 18.0 Å². The molecule has 1 amide bonds. The first-order valence-corrected chi connectivity index (χ1v) is 7.27. The van der Waals surface area contributed by atoms with Crippen molar-refractivity contribution >= 4 is 28.8 Å². The molecule has 0 bridgehead atoms. The Morgan fingerprint density at radius 3 is 2.40 bits per heavy atom. The van der Waals surface area contributed by atoms with Crippen LogP contribution in [0, 0.1) is 0 Å². The summed E-state index contributed by atoms with van der Waals surface area (Å²) >= 11 is 4.82. The Hall–Kier alpha value is -1.62. The molecule has 0 aliphatic rings. The third kappa shape index (κ3) is 5.57. The molecule has 0 atom stereocenters. The van der Waals surface area contributed by atoms with E-state index in [1.54, 1.807) is 11.9 Å². The minimum Gasteiger partial charge on any atom is -0.393 e. The highest BCUT2D eigenvalue weighted by molar-refractivity contribution is 7.80. The topological polar surface area (TPSA) is 49.6 Å². The van der Waals surface area contributed by atoms with Crippen molar-refractivity contribution < 1.29 is 4.79 Å². The molecular formula is C15H23N3OS. The molecule has 5 heteroatoms. The summed E-state index contributed by atoms with van der Waals surface area (Å²) in [5.41, 5.74) is 6.59. The summed E-state index contributed by atoms with van der Waals surface area (Å²) in [6.45, 7) is 4.28. The van der Waals surface area contributed by atoms with Gasteiger partial charge in [0.25, 0.3) is 0 Å². The van der Waals surface area contributed by atoms with Crippen LogP contribution in [0.5, 0.6) is 0 Å². The molecule has 2 N–H and O–H groups in total. The maximum atomic E-state index is 12.0. The van der Waals surface area contributed by atoms with Crippen molar-refractivity contribution in [3.8, 4) is 0 Å². The molecule has 1 aromatic rings. The van der Waals surface area contributed by atoms with Gasteiger partial charge in [0.1, 0.15) is 0 Å². The molecule has 0 spiro atoms. The fourth-order valence-electron chi connectivity index (χ4n) is 1.93. The molecule has 0 unspecified atom stereocenters. The Labute approximate surface area is 126 Å². The lowest BCUT2D eigenvalue weighted by atomic mass is 10.2. The largest absolute Gasteiger partial charge is 0.393 e. The second-order valence-corrected chi connectivity index (χ2v) is 5.22. The average Bonchev–Trinajstić information content (AvgIpc) is 2.46. The van der Waals surface area contributed by atoms with Crippen molar-refractivity contribution in [2.75, 3.05) is 31.6 Å². The highest BCUT2D eigenvalue weighted by Gasteiger charge is 2.11. The van der Waals surface area contributed by atoms with Gasteiger partial charge in [-0.2, -0.15) is 0 Å². The maximum absolute atomic E-state index is 12.0. The first-order chi connectivity index (χ1) is 9.54. The summed E-state index contributed by atoms with van der Waals surface area (Å²) in [4.78, 5) is 16.4. The summed E-state index contributed by atoms with van der Waals surface area (Å²) in [6, 6.07) is 10.1. The van der Waals surface area contributed by atoms with Gasteiger partial charge in [0.05, 0.1) is 4.99 Å². The van der Waals surface area contributed by atoms with Gasteiger partial charge in [-0.3, -0.25) is 4.79 Å². The second kappa shape index (κ2) is 8.53. The van der Waals surface area contributed by atoms with Crippen LogP contribution in [0.2, 0.25) is 0 Å². The molecule has 0 radical (unpaired) electrons. The number of anilines is 1. The zero-order chi connectivity index (χ0) is 15.0. The Balaban J connectivity index is 2.44. The van der Waals surface area contributed by atoms with E-state index < -0.39 is 0 Å². The van der Waals surface area contributed by atoms with Crippen molar-refractivity contribution in [1.82, 2.24) is 4.90 Å². The van der Waals surface area contributed by atoms with Crippen molar-refractivity contribution in [1.29, 1.82) is 0 Å². The number of benzene rings is 1. The smallest absolute Gasteiger partial charge is 0.224 e. The van der Waals surface area contributed by atoms with Gasteiger partial charge in [-0.05, 0) is 19.1 Å². The minimum absolute atomic E-state index is 0.121. The summed E-state index contributed by atoms with van der Waals surface area (Å²) in [5.74, 6) is 0.121. The van der Waals surface area contributed by atoms with Crippen LogP contribution in [0.25, 0.3) is 0 Å². The van der Waals surface area contributed by atoms with Crippen molar-refractivity contribution in [2.45, 2.75) is 19.8 Å². The Bertz CT molecular complexity index is 436. The van der Waals surface area contributed by atoms with Crippen molar-refractivity contribution in [2.24, 2.45) is 5.73 Å². The van der Waals surface area contributed by atoms with E-state index in [-0.39, 0.29) is 5.91 Å². The number of thiocarbonyl (C=S) groups is 1. The normalized spacial score (nSPS) is 10.1. The van der Waals surface area contributed by atoms with Gasteiger partial charge in [0.15, 0.2) is 0 Å². The zero-order valence-corrected chi connectivity index (χ0v) is 13.0. The summed E-state index contributed by atoms with van der Waals surface area (Å²) in [7, 11) is 1.79. The Morgan fingerprint density at radius 2 is 1.85 bits per heavy atom. The molecule has 0 fully saturated rings. The number of hydrogen-bond donors (Lipinski definition) is 1. The number of para-hydroxylation sites is 1. The molecule has 1 rings (SSSR count). The lowest BCUT2D eigenvalue weighted by Gasteiger charge is -2.24. The number of hydrogen-bond acceptors (Lipinski definition) is 3. The van der Waals surface area contributed by atoms with Gasteiger partial charge in [-0.15, -0.1) is 0 Å². The van der Waals surface area contributed by atoms with Crippen LogP contribution in [0.1, 0.15) is 19.8 Å². The highest BCUT2D eigenvalue weighted by Crippen LogP contribution is 2.13. The predicted octanol–water partition coefficient (Wildman–Crippen LogP) is 2.04. The number of nitrogens with zero attached hydrogens (tertiary/aromatic N) is 2. The molecule has 0 heterocycles. The number of amides is 1. The zero-order valence-electron chi connectivity index (χ0n) is 12.2. The van der Waals surface area contributed by atoms with Gasteiger partial charge in [-0.1, -0.05) is 30.4 Å². The number of carbonyl (C=O) groups excluding carboxylic acids is 1. The van der Waals surface area contributed by atoms with Crippen LogP contribution in [-0.4, -0.2) is 42.5 Å². The summed E-state index contributed by atoms with van der Waals surface area (Å²) < 4.78 is 0. The maximum Gasteiger partial charge on any atom is 0.224 e. The van der Waals surface area contributed by atoms with E-state index in [0.29, 0.717) is 24.4 Å². The van der Waals surface area contributed by atoms with E-state index in [9.17, 15) is 4.79 Å². The van der Waals surface area contributed by atoms with Crippen LogP contribution in [0.3, 0.4) is 0 Å². The third-order valence-electron chi connectivity index (χ3n) is 3.22. The van der Waals surface area contributed by atoms with E-state index >= 15 is 0 Å². The van der Waals surface area contributed by atoms with Gasteiger partial charge >= 0.3 is 0 Å². The summed E-state index contributed by atoms with van der Waals surface area (Å²) in [5, 5.41) is 0. The van der Waals surface area contributed by atoms with Crippen LogP contribution in [0.15, 0.2) is 30.3 Å². The molecule has 0 aromatic heterocycles. The molecule has 0 saturated carbocycles. The quantitative estimate of drug-likeness (QED) is 0.745. The average molecular weight is 293 g/mol. The molecule has 1 aromatic carbocycles. The van der Waals surface area contributed by atoms with Crippen LogP contribution in [-0.2, 0) is 4.79 Å². The van der Waals surface area contributed by atoms with Gasteiger partial charge in [-0.25, -0.2) is 0 Å². The van der Waals surface area contributed by atoms with Crippen molar-refractivity contribution in [3.63, 3.8) is 0 Å². The van der Waals surface area contributed by atoms with E-state index in [1.165, 1.54) is 0 Å². The molecule has 4 nitrogen and oxygen atoms in total. The van der Waals surface area contributed by atoms with Gasteiger partial charge in [0.2, 0.25) is 5.91 Å². The molecule has 20 heavy (non-hydrogen) atoms. The second-order valence-electron chi connectivity index (χ2n) is 4.70. The van der Waals surface area contributed by atoms with Crippen molar-refractivity contribution in [3.05, 3.63) is 30.3 Å². The third-order valence-corrected chi connectivity index (χ3v) is 3.42. The number of carbonyl (C=O) groups is 1. The van der Waals surface area contributed by atoms with Crippen LogP contribution < -0.4 is 10.6 Å². The predicted molar refractivity (Wildman–Crippen MR) is 88.0 cm³/mol. The monoisotopic (exact) mass is 293 g/mol. The fraction of sp³-hybridized carbons (Fsp3) is 0.467. The number of rotatable bonds is 8. The van der Waals surface area contributed by atoms with Gasteiger partial charge < -0.3 is 15.5 Å². The number of nitrogens with two attached hydrogens (primary N) is 1. The molecule has 0 aliphatic heterocycles. The molecule has 0 aliphatic carbocycles. The standard InChI is InChI=1S/C15H23N3OS/c1-3-18(13-7-5-4-6-8-13)12-10-15(19)17(2)11-9-14(16)20/h4-8H,3,9-12H2,1-2H3,(H2,16,20). The SMILES string of the molecule is CCN(CCC(=O)N(C)CCC(N)=S)c1ccccc1. The van der Waals surface area contributed by atoms with Gasteiger partial charge in [0, 0.05) is 45.2 Å². The van der Waals surface area contributed by atoms with E-state index in [1.807, 2.05) is 18.2 Å². The molecule has 110 valence electrons. The highest BCUT2D eigenvalue weighted by atomic mass is 32.1. The Kier molecular flexibility index (Phi) is 7.01. The fourth-order valence-corrected chi connectivity index (χ4v) is 2.02. The van der Waals surface area contributed by atoms with Crippen LogP contribution in [0.4, 0.5) is 5.69 Å². The van der Waals surface area contributed by atoms with E-state index in [0.717, 1.165) is 18.8 Å². The van der Waals surface area contributed by atoms with E-state index in [2.05, 4.69) is 24.0 Å². The first-order valence-electron chi connectivity index (χ1n) is 6.86. The minimum atomic E-state index is 0.121. The lowest BCUT2D eigenvalue weighted by Crippen LogP contribution is -2.33. The molecular weight excluding hydrogens is 270 g/mol. The first kappa shape index (κ1) is 16.4. The summed E-state index contributed by atoms with van der Waals surface area (Å²) in [6.07, 6.45) is 1.07. The molecule has 0 saturated heterocycles.